The molecule has 3 aliphatic heterocycles. The van der Waals surface area contributed by atoms with E-state index in [2.05, 4.69) is 41.5 Å². The van der Waals surface area contributed by atoms with Gasteiger partial charge in [-0.25, -0.2) is 0 Å². The normalized spacial score (nSPS) is 46.9. The van der Waals surface area contributed by atoms with Gasteiger partial charge in [-0.3, -0.25) is 0 Å². The van der Waals surface area contributed by atoms with Crippen molar-refractivity contribution >= 4 is 0 Å². The van der Waals surface area contributed by atoms with Crippen LogP contribution in [0, 0.1) is 23.7 Å². The molecule has 3 saturated heterocycles. The van der Waals surface area contributed by atoms with Crippen LogP contribution in [0.4, 0.5) is 0 Å². The van der Waals surface area contributed by atoms with E-state index in [9.17, 15) is 0 Å². The van der Waals surface area contributed by atoms with E-state index in [0.29, 0.717) is 24.4 Å². The van der Waals surface area contributed by atoms with Crippen LogP contribution in [0.25, 0.3) is 0 Å². The lowest BCUT2D eigenvalue weighted by Gasteiger charge is -2.50. The third-order valence-corrected chi connectivity index (χ3v) is 7.70. The second-order valence-corrected chi connectivity index (χ2v) is 9.54. The summed E-state index contributed by atoms with van der Waals surface area (Å²) in [6, 6.07) is 10.1. The van der Waals surface area contributed by atoms with Crippen LogP contribution in [-0.2, 0) is 23.7 Å². The van der Waals surface area contributed by atoms with Crippen LogP contribution < -0.4 is 0 Å². The quantitative estimate of drug-likeness (QED) is 0.692. The van der Waals surface area contributed by atoms with Gasteiger partial charge in [0, 0.05) is 17.4 Å². The second-order valence-electron chi connectivity index (χ2n) is 9.54. The summed E-state index contributed by atoms with van der Waals surface area (Å²) in [5, 5.41) is 0. The average Bonchev–Trinajstić information content (AvgIpc) is 2.77. The molecule has 0 aliphatic carbocycles. The molecular formula is C25H38O5. The van der Waals surface area contributed by atoms with Gasteiger partial charge in [0.1, 0.15) is 6.10 Å². The van der Waals surface area contributed by atoms with Gasteiger partial charge in [0.15, 0.2) is 12.6 Å². The average molecular weight is 419 g/mol. The fourth-order valence-corrected chi connectivity index (χ4v) is 5.38. The first kappa shape index (κ1) is 22.2. The zero-order valence-electron chi connectivity index (χ0n) is 19.2. The van der Waals surface area contributed by atoms with E-state index in [1.807, 2.05) is 30.3 Å². The van der Waals surface area contributed by atoms with Crippen LogP contribution in [-0.4, -0.2) is 43.4 Å². The Morgan fingerprint density at radius 3 is 2.30 bits per heavy atom. The highest BCUT2D eigenvalue weighted by Gasteiger charge is 2.49. The lowest BCUT2D eigenvalue weighted by molar-refractivity contribution is -0.344. The van der Waals surface area contributed by atoms with E-state index in [-0.39, 0.29) is 49.0 Å². The first-order valence-corrected chi connectivity index (χ1v) is 11.7. The van der Waals surface area contributed by atoms with Crippen LogP contribution in [0.3, 0.4) is 0 Å². The van der Waals surface area contributed by atoms with E-state index >= 15 is 0 Å². The molecule has 5 heteroatoms. The van der Waals surface area contributed by atoms with Gasteiger partial charge in [-0.2, -0.15) is 0 Å². The molecule has 0 N–H and O–H groups in total. The Bertz CT molecular complexity index is 679. The summed E-state index contributed by atoms with van der Waals surface area (Å²) in [5.41, 5.74) is 1.04. The molecule has 11 atom stereocenters. The van der Waals surface area contributed by atoms with Crippen molar-refractivity contribution < 1.29 is 23.7 Å². The molecule has 1 aromatic rings. The third kappa shape index (κ3) is 4.20. The van der Waals surface area contributed by atoms with Gasteiger partial charge in [-0.05, 0) is 25.2 Å². The third-order valence-electron chi connectivity index (χ3n) is 7.70. The molecule has 3 fully saturated rings. The summed E-state index contributed by atoms with van der Waals surface area (Å²) in [6.07, 6.45) is 0.436. The van der Waals surface area contributed by atoms with Crippen molar-refractivity contribution in [2.24, 2.45) is 23.7 Å². The maximum absolute atomic E-state index is 6.64. The molecule has 0 bridgehead atoms. The highest BCUT2D eigenvalue weighted by molar-refractivity contribution is 5.16. The maximum Gasteiger partial charge on any atom is 0.184 e. The molecule has 0 aromatic heterocycles. The summed E-state index contributed by atoms with van der Waals surface area (Å²) in [5.74, 6) is 1.61. The van der Waals surface area contributed by atoms with Gasteiger partial charge in [0.25, 0.3) is 0 Å². The lowest BCUT2D eigenvalue weighted by atomic mass is 9.78. The molecule has 4 rings (SSSR count). The molecule has 3 aliphatic rings. The zero-order valence-corrected chi connectivity index (χ0v) is 19.2. The van der Waals surface area contributed by atoms with Crippen molar-refractivity contribution in [3.8, 4) is 0 Å². The van der Waals surface area contributed by atoms with Crippen molar-refractivity contribution in [2.75, 3.05) is 6.61 Å². The summed E-state index contributed by atoms with van der Waals surface area (Å²) in [6.45, 7) is 13.9. The van der Waals surface area contributed by atoms with Crippen molar-refractivity contribution in [1.82, 2.24) is 0 Å². The van der Waals surface area contributed by atoms with E-state index < -0.39 is 0 Å². The minimum absolute atomic E-state index is 0.0349. The summed E-state index contributed by atoms with van der Waals surface area (Å²) in [7, 11) is 0. The molecule has 0 radical (unpaired) electrons. The Hall–Kier alpha value is -0.980. The second kappa shape index (κ2) is 9.25. The van der Waals surface area contributed by atoms with Crippen LogP contribution in [0.15, 0.2) is 30.3 Å². The predicted octanol–water partition coefficient (Wildman–Crippen LogP) is 4.95. The van der Waals surface area contributed by atoms with Crippen LogP contribution >= 0.6 is 0 Å². The summed E-state index contributed by atoms with van der Waals surface area (Å²) >= 11 is 0. The molecule has 0 amide bonds. The number of fused-ring (bicyclic) bond motifs is 1. The molecular weight excluding hydrogens is 380 g/mol. The molecule has 1 aromatic carbocycles. The number of hydrogen-bond acceptors (Lipinski definition) is 5. The summed E-state index contributed by atoms with van der Waals surface area (Å²) in [4.78, 5) is 0. The zero-order chi connectivity index (χ0) is 21.4. The van der Waals surface area contributed by atoms with E-state index in [1.54, 1.807) is 0 Å². The number of hydrogen-bond donors (Lipinski definition) is 0. The molecule has 0 saturated carbocycles. The Morgan fingerprint density at radius 2 is 1.60 bits per heavy atom. The number of rotatable bonds is 4. The van der Waals surface area contributed by atoms with Crippen molar-refractivity contribution in [1.29, 1.82) is 0 Å². The smallest absolute Gasteiger partial charge is 0.184 e. The van der Waals surface area contributed by atoms with E-state index in [4.69, 9.17) is 23.7 Å². The Kier molecular flexibility index (Phi) is 6.85. The Morgan fingerprint density at radius 1 is 0.867 bits per heavy atom. The van der Waals surface area contributed by atoms with Crippen molar-refractivity contribution in [3.05, 3.63) is 35.9 Å². The van der Waals surface area contributed by atoms with Crippen molar-refractivity contribution in [2.45, 2.75) is 91.1 Å². The largest absolute Gasteiger partial charge is 0.367 e. The first-order valence-electron chi connectivity index (χ1n) is 11.7. The molecule has 3 heterocycles. The molecule has 5 nitrogen and oxygen atoms in total. The minimum Gasteiger partial charge on any atom is -0.367 e. The highest BCUT2D eigenvalue weighted by atomic mass is 16.7. The van der Waals surface area contributed by atoms with Crippen molar-refractivity contribution in [3.63, 3.8) is 0 Å². The molecule has 30 heavy (non-hydrogen) atoms. The first-order chi connectivity index (χ1) is 14.4. The maximum atomic E-state index is 6.64. The van der Waals surface area contributed by atoms with E-state index in [1.165, 1.54) is 0 Å². The molecule has 0 spiro atoms. The van der Waals surface area contributed by atoms with Gasteiger partial charge < -0.3 is 23.7 Å². The highest BCUT2D eigenvalue weighted by Crippen LogP contribution is 2.41. The van der Waals surface area contributed by atoms with Gasteiger partial charge in [-0.15, -0.1) is 0 Å². The van der Waals surface area contributed by atoms with Gasteiger partial charge in [-0.1, -0.05) is 65.0 Å². The molecule has 168 valence electrons. The van der Waals surface area contributed by atoms with Crippen LogP contribution in [0.2, 0.25) is 0 Å². The fourth-order valence-electron chi connectivity index (χ4n) is 5.38. The Balaban J connectivity index is 1.46. The monoisotopic (exact) mass is 418 g/mol. The van der Waals surface area contributed by atoms with Gasteiger partial charge in [0.05, 0.1) is 31.0 Å². The summed E-state index contributed by atoms with van der Waals surface area (Å²) < 4.78 is 31.7. The Labute approximate surface area is 181 Å². The van der Waals surface area contributed by atoms with Crippen LogP contribution in [0.1, 0.15) is 59.8 Å². The number of benzene rings is 1. The van der Waals surface area contributed by atoms with E-state index in [0.717, 1.165) is 12.0 Å². The molecule has 6 unspecified atom stereocenters. The van der Waals surface area contributed by atoms with Crippen LogP contribution in [0.5, 0.6) is 0 Å². The SMILES string of the molecule is CCC1O[C@H](OC2C(C)O[C@H]3COC(c4ccccc4)OC3[C@@H]2C)C(C)[C@@H](C)[C@@H]1C. The topological polar surface area (TPSA) is 46.2 Å². The standard InChI is InChI=1S/C25H38O5/c1-7-20-15(3)14(2)16(4)24(28-20)29-22-17(5)23-21(27-18(22)6)13-26-25(30-23)19-11-9-8-10-12-19/h8-12,14-18,20-25H,7,13H2,1-6H3/t14-,15-,16?,17+,18?,20?,21-,22?,23?,24+,25?/m0/s1. The lowest BCUT2D eigenvalue weighted by Crippen LogP contribution is -2.59. The predicted molar refractivity (Wildman–Crippen MR) is 115 cm³/mol. The van der Waals surface area contributed by atoms with Gasteiger partial charge >= 0.3 is 0 Å². The minimum atomic E-state index is -0.359. The van der Waals surface area contributed by atoms with Gasteiger partial charge in [0.2, 0.25) is 0 Å². The fraction of sp³-hybridized carbons (Fsp3) is 0.760. The number of ether oxygens (including phenoxy) is 5.